The molecule has 4 nitrogen and oxygen atoms in total. The van der Waals surface area contributed by atoms with Gasteiger partial charge in [-0.1, -0.05) is 19.3 Å². The number of rotatable bonds is 7. The van der Waals surface area contributed by atoms with Crippen LogP contribution in [-0.2, 0) is 0 Å². The predicted molar refractivity (Wildman–Crippen MR) is 130 cm³/mol. The minimum atomic E-state index is 0.0751. The first-order chi connectivity index (χ1) is 15.7. The van der Waals surface area contributed by atoms with E-state index >= 15 is 0 Å². The Morgan fingerprint density at radius 3 is 2.50 bits per heavy atom. The Morgan fingerprint density at radius 1 is 1.00 bits per heavy atom. The summed E-state index contributed by atoms with van der Waals surface area (Å²) >= 11 is 1.68. The summed E-state index contributed by atoms with van der Waals surface area (Å²) in [5, 5.41) is 10.9. The molecule has 168 valence electrons. The number of likely N-dealkylation sites (tertiary alicyclic amines) is 1. The Kier molecular flexibility index (Phi) is 6.47. The zero-order chi connectivity index (χ0) is 21.9. The molecule has 3 aromatic rings. The van der Waals surface area contributed by atoms with Gasteiger partial charge in [0, 0.05) is 32.6 Å². The molecular formula is C27H31NO3S. The number of phenolic OH excluding ortho intramolecular Hbond substituents is 1. The molecule has 1 aromatic heterocycles. The highest BCUT2D eigenvalue weighted by atomic mass is 32.1. The van der Waals surface area contributed by atoms with Gasteiger partial charge in [-0.2, -0.15) is 0 Å². The van der Waals surface area contributed by atoms with Crippen LogP contribution >= 0.6 is 11.3 Å². The molecule has 2 aromatic carbocycles. The number of aromatic hydroxyl groups is 1. The monoisotopic (exact) mass is 449 g/mol. The van der Waals surface area contributed by atoms with Crippen molar-refractivity contribution in [3.05, 3.63) is 58.5 Å². The van der Waals surface area contributed by atoms with Crippen molar-refractivity contribution >= 4 is 27.2 Å². The maximum atomic E-state index is 13.7. The fourth-order valence-electron chi connectivity index (χ4n) is 5.14. The Labute approximate surface area is 193 Å². The fraction of sp³-hybridized carbons (Fsp3) is 0.444. The molecule has 1 saturated carbocycles. The van der Waals surface area contributed by atoms with Crippen LogP contribution in [0.1, 0.15) is 71.7 Å². The molecule has 32 heavy (non-hydrogen) atoms. The summed E-state index contributed by atoms with van der Waals surface area (Å²) in [6, 6.07) is 13.0. The maximum Gasteiger partial charge on any atom is 0.194 e. The van der Waals surface area contributed by atoms with E-state index < -0.39 is 0 Å². The van der Waals surface area contributed by atoms with Gasteiger partial charge in [0.15, 0.2) is 5.78 Å². The molecule has 0 spiro atoms. The van der Waals surface area contributed by atoms with Crippen molar-refractivity contribution in [3.63, 3.8) is 0 Å². The molecule has 1 aliphatic carbocycles. The first kappa shape index (κ1) is 21.5. The van der Waals surface area contributed by atoms with Crippen LogP contribution < -0.4 is 4.74 Å². The van der Waals surface area contributed by atoms with E-state index in [2.05, 4.69) is 4.90 Å². The third kappa shape index (κ3) is 4.55. The van der Waals surface area contributed by atoms with Crippen molar-refractivity contribution in [2.75, 3.05) is 26.2 Å². The fourth-order valence-corrected chi connectivity index (χ4v) is 6.54. The summed E-state index contributed by atoms with van der Waals surface area (Å²) in [7, 11) is 0. The van der Waals surface area contributed by atoms with Crippen molar-refractivity contribution < 1.29 is 14.6 Å². The van der Waals surface area contributed by atoms with Crippen LogP contribution in [-0.4, -0.2) is 42.0 Å². The van der Waals surface area contributed by atoms with Crippen LogP contribution in [0.15, 0.2) is 42.5 Å². The minimum Gasteiger partial charge on any atom is -0.508 e. The zero-order valence-corrected chi connectivity index (χ0v) is 19.3. The van der Waals surface area contributed by atoms with Crippen molar-refractivity contribution in [1.29, 1.82) is 0 Å². The molecule has 0 unspecified atom stereocenters. The van der Waals surface area contributed by atoms with Crippen LogP contribution in [0.4, 0.5) is 0 Å². The van der Waals surface area contributed by atoms with Crippen molar-refractivity contribution in [2.45, 2.75) is 50.9 Å². The van der Waals surface area contributed by atoms with E-state index in [9.17, 15) is 9.90 Å². The Balaban J connectivity index is 1.37. The molecule has 5 heteroatoms. The highest BCUT2D eigenvalue weighted by Gasteiger charge is 2.27. The average molecular weight is 450 g/mol. The summed E-state index contributed by atoms with van der Waals surface area (Å²) in [5.74, 6) is 1.58. The second-order valence-corrected chi connectivity index (χ2v) is 10.2. The molecule has 0 radical (unpaired) electrons. The molecule has 2 fully saturated rings. The van der Waals surface area contributed by atoms with Crippen LogP contribution in [0.3, 0.4) is 0 Å². The number of carbonyl (C=O) groups is 1. The minimum absolute atomic E-state index is 0.0751. The summed E-state index contributed by atoms with van der Waals surface area (Å²) in [5.41, 5.74) is 1.53. The highest BCUT2D eigenvalue weighted by molar-refractivity contribution is 7.19. The number of hydrogen-bond donors (Lipinski definition) is 1. The van der Waals surface area contributed by atoms with Gasteiger partial charge in [-0.25, -0.2) is 0 Å². The third-order valence-corrected chi connectivity index (χ3v) is 8.21. The van der Waals surface area contributed by atoms with Crippen LogP contribution in [0, 0.1) is 0 Å². The summed E-state index contributed by atoms with van der Waals surface area (Å²) < 4.78 is 6.91. The van der Waals surface area contributed by atoms with Gasteiger partial charge < -0.3 is 9.84 Å². The number of benzene rings is 2. The SMILES string of the molecule is O=C(c1ccc(OCCN2CCCC2)cc1)c1c(C2CCCCC2)sc2cc(O)ccc12. The molecule has 1 aliphatic heterocycles. The number of phenols is 1. The number of nitrogens with zero attached hydrogens (tertiary/aromatic N) is 1. The Hall–Kier alpha value is -2.37. The molecular weight excluding hydrogens is 418 g/mol. The van der Waals surface area contributed by atoms with Gasteiger partial charge in [-0.3, -0.25) is 9.69 Å². The molecule has 0 atom stereocenters. The van der Waals surface area contributed by atoms with E-state index in [1.165, 1.54) is 50.1 Å². The molecule has 2 heterocycles. The summed E-state index contributed by atoms with van der Waals surface area (Å²) in [6.07, 6.45) is 8.59. The largest absolute Gasteiger partial charge is 0.508 e. The smallest absolute Gasteiger partial charge is 0.194 e. The van der Waals surface area contributed by atoms with E-state index in [1.807, 2.05) is 30.3 Å². The van der Waals surface area contributed by atoms with E-state index in [0.29, 0.717) is 18.1 Å². The first-order valence-corrected chi connectivity index (χ1v) is 12.8. The topological polar surface area (TPSA) is 49.8 Å². The van der Waals surface area contributed by atoms with Gasteiger partial charge in [-0.15, -0.1) is 11.3 Å². The van der Waals surface area contributed by atoms with Gasteiger partial charge in [0.1, 0.15) is 18.1 Å². The maximum absolute atomic E-state index is 13.7. The van der Waals surface area contributed by atoms with Gasteiger partial charge >= 0.3 is 0 Å². The normalized spacial score (nSPS) is 17.8. The molecule has 0 bridgehead atoms. The molecule has 1 N–H and O–H groups in total. The van der Waals surface area contributed by atoms with E-state index in [-0.39, 0.29) is 11.5 Å². The second-order valence-electron chi connectivity index (χ2n) is 9.11. The van der Waals surface area contributed by atoms with Crippen LogP contribution in [0.25, 0.3) is 10.1 Å². The third-order valence-electron chi connectivity index (χ3n) is 6.90. The predicted octanol–water partition coefficient (Wildman–Crippen LogP) is 6.36. The number of ketones is 1. The molecule has 2 aliphatic rings. The lowest BCUT2D eigenvalue weighted by Gasteiger charge is -2.21. The van der Waals surface area contributed by atoms with Gasteiger partial charge in [0.25, 0.3) is 0 Å². The van der Waals surface area contributed by atoms with Gasteiger partial charge in [0.2, 0.25) is 0 Å². The number of carbonyl (C=O) groups excluding carboxylic acids is 1. The standard InChI is InChI=1S/C27H31NO3S/c29-21-10-13-23-24(18-21)32-27(20-6-2-1-3-7-20)25(23)26(30)19-8-11-22(12-9-19)31-17-16-28-14-4-5-15-28/h8-13,18,20,29H,1-7,14-17H2. The quantitative estimate of drug-likeness (QED) is 0.426. The number of ether oxygens (including phenoxy) is 1. The zero-order valence-electron chi connectivity index (χ0n) is 18.5. The molecule has 0 amide bonds. The highest BCUT2D eigenvalue weighted by Crippen LogP contribution is 2.44. The number of fused-ring (bicyclic) bond motifs is 1. The lowest BCUT2D eigenvalue weighted by atomic mass is 9.85. The Bertz CT molecular complexity index is 1080. The summed E-state index contributed by atoms with van der Waals surface area (Å²) in [4.78, 5) is 17.3. The summed E-state index contributed by atoms with van der Waals surface area (Å²) in [6.45, 7) is 3.98. The van der Waals surface area contributed by atoms with Crippen molar-refractivity contribution in [2.24, 2.45) is 0 Å². The Morgan fingerprint density at radius 2 is 1.75 bits per heavy atom. The van der Waals surface area contributed by atoms with Crippen LogP contribution in [0.5, 0.6) is 11.5 Å². The van der Waals surface area contributed by atoms with Gasteiger partial charge in [-0.05, 0) is 87.2 Å². The van der Waals surface area contributed by atoms with Crippen molar-refractivity contribution in [3.8, 4) is 11.5 Å². The van der Waals surface area contributed by atoms with E-state index in [4.69, 9.17) is 4.74 Å². The number of thiophene rings is 1. The van der Waals surface area contributed by atoms with E-state index in [0.717, 1.165) is 40.8 Å². The first-order valence-electron chi connectivity index (χ1n) is 11.9. The average Bonchev–Trinajstić information content (AvgIpc) is 3.47. The lowest BCUT2D eigenvalue weighted by Crippen LogP contribution is -2.25. The number of hydrogen-bond acceptors (Lipinski definition) is 5. The lowest BCUT2D eigenvalue weighted by molar-refractivity contribution is 0.103. The van der Waals surface area contributed by atoms with Gasteiger partial charge in [0.05, 0.1) is 0 Å². The molecule has 1 saturated heterocycles. The molecule has 5 rings (SSSR count). The van der Waals surface area contributed by atoms with E-state index in [1.54, 1.807) is 23.5 Å². The van der Waals surface area contributed by atoms with Crippen molar-refractivity contribution in [1.82, 2.24) is 4.90 Å². The second kappa shape index (κ2) is 9.63. The van der Waals surface area contributed by atoms with Crippen LogP contribution in [0.2, 0.25) is 0 Å².